The van der Waals surface area contributed by atoms with Crippen molar-refractivity contribution in [3.05, 3.63) is 88.4 Å². The summed E-state index contributed by atoms with van der Waals surface area (Å²) in [5.41, 5.74) is 3.54. The Bertz CT molecular complexity index is 931. The SMILES string of the molecule is O=C1c2ccccc2C(=O)N1c1ccc(-c2ccccc2)c(Br)c1. The van der Waals surface area contributed by atoms with E-state index in [0.717, 1.165) is 15.6 Å². The van der Waals surface area contributed by atoms with E-state index >= 15 is 0 Å². The summed E-state index contributed by atoms with van der Waals surface area (Å²) in [5, 5.41) is 0. The standard InChI is InChI=1S/C20H12BrNO2/c21-18-12-14(10-11-15(18)13-6-2-1-3-7-13)22-19(23)16-8-4-5-9-17(16)20(22)24/h1-12H. The number of anilines is 1. The van der Waals surface area contributed by atoms with Crippen LogP contribution in [0.5, 0.6) is 0 Å². The fourth-order valence-electron chi connectivity index (χ4n) is 2.92. The number of imide groups is 1. The molecule has 0 aromatic heterocycles. The van der Waals surface area contributed by atoms with Gasteiger partial charge in [-0.3, -0.25) is 9.59 Å². The first-order chi connectivity index (χ1) is 11.7. The van der Waals surface area contributed by atoms with Crippen molar-refractivity contribution in [1.29, 1.82) is 0 Å². The first kappa shape index (κ1) is 14.8. The summed E-state index contributed by atoms with van der Waals surface area (Å²) in [6, 6.07) is 22.4. The van der Waals surface area contributed by atoms with Crippen LogP contribution in [-0.4, -0.2) is 11.8 Å². The van der Waals surface area contributed by atoms with Crippen LogP contribution < -0.4 is 4.90 Å². The Balaban J connectivity index is 1.76. The maximum absolute atomic E-state index is 12.6. The minimum Gasteiger partial charge on any atom is -0.268 e. The van der Waals surface area contributed by atoms with E-state index in [9.17, 15) is 9.59 Å². The summed E-state index contributed by atoms with van der Waals surface area (Å²) >= 11 is 3.56. The zero-order valence-corrected chi connectivity index (χ0v) is 14.2. The van der Waals surface area contributed by atoms with Gasteiger partial charge >= 0.3 is 0 Å². The number of hydrogen-bond acceptors (Lipinski definition) is 2. The van der Waals surface area contributed by atoms with Gasteiger partial charge in [0.1, 0.15) is 0 Å². The highest BCUT2D eigenvalue weighted by atomic mass is 79.9. The highest BCUT2D eigenvalue weighted by molar-refractivity contribution is 9.10. The van der Waals surface area contributed by atoms with E-state index in [1.54, 1.807) is 30.3 Å². The van der Waals surface area contributed by atoms with Crippen molar-refractivity contribution in [2.45, 2.75) is 0 Å². The molecule has 4 heteroatoms. The number of fused-ring (bicyclic) bond motifs is 1. The molecule has 0 saturated heterocycles. The van der Waals surface area contributed by atoms with Crippen molar-refractivity contribution >= 4 is 33.4 Å². The number of carbonyl (C=O) groups is 2. The highest BCUT2D eigenvalue weighted by Gasteiger charge is 2.36. The van der Waals surface area contributed by atoms with Gasteiger partial charge in [-0.05, 0) is 35.4 Å². The minimum absolute atomic E-state index is 0.282. The number of nitrogens with zero attached hydrogens (tertiary/aromatic N) is 1. The van der Waals surface area contributed by atoms with E-state index in [2.05, 4.69) is 15.9 Å². The monoisotopic (exact) mass is 377 g/mol. The molecule has 1 aliphatic heterocycles. The largest absolute Gasteiger partial charge is 0.268 e. The predicted octanol–water partition coefficient (Wildman–Crippen LogP) is 4.92. The van der Waals surface area contributed by atoms with Crippen LogP contribution in [-0.2, 0) is 0 Å². The van der Waals surface area contributed by atoms with E-state index in [0.29, 0.717) is 16.8 Å². The second-order valence-electron chi connectivity index (χ2n) is 5.52. The zero-order chi connectivity index (χ0) is 16.7. The third-order valence-electron chi connectivity index (χ3n) is 4.09. The maximum Gasteiger partial charge on any atom is 0.266 e. The molecular formula is C20H12BrNO2. The molecule has 0 radical (unpaired) electrons. The molecule has 1 heterocycles. The number of carbonyl (C=O) groups excluding carboxylic acids is 2. The average Bonchev–Trinajstić information content (AvgIpc) is 2.87. The second kappa shape index (κ2) is 5.73. The molecule has 0 N–H and O–H groups in total. The lowest BCUT2D eigenvalue weighted by Crippen LogP contribution is -2.29. The van der Waals surface area contributed by atoms with Crippen LogP contribution in [0.2, 0.25) is 0 Å². The van der Waals surface area contributed by atoms with Gasteiger partial charge in [0.25, 0.3) is 11.8 Å². The van der Waals surface area contributed by atoms with Crippen molar-refractivity contribution in [3.8, 4) is 11.1 Å². The lowest BCUT2D eigenvalue weighted by molar-refractivity contribution is 0.0926. The number of hydrogen-bond donors (Lipinski definition) is 0. The van der Waals surface area contributed by atoms with E-state index in [1.165, 1.54) is 4.90 Å². The number of rotatable bonds is 2. The van der Waals surface area contributed by atoms with Crippen molar-refractivity contribution in [2.75, 3.05) is 4.90 Å². The van der Waals surface area contributed by atoms with E-state index in [1.807, 2.05) is 42.5 Å². The normalized spacial score (nSPS) is 13.3. The molecule has 3 aromatic carbocycles. The molecule has 0 atom stereocenters. The van der Waals surface area contributed by atoms with Crippen LogP contribution in [0.15, 0.2) is 77.3 Å². The van der Waals surface area contributed by atoms with Crippen molar-refractivity contribution in [2.24, 2.45) is 0 Å². The predicted molar refractivity (Wildman–Crippen MR) is 97.2 cm³/mol. The summed E-state index contributed by atoms with van der Waals surface area (Å²) in [4.78, 5) is 26.4. The molecule has 1 aliphatic rings. The van der Waals surface area contributed by atoms with Gasteiger partial charge in [0.2, 0.25) is 0 Å². The Labute approximate surface area is 147 Å². The molecule has 0 aliphatic carbocycles. The molecule has 116 valence electrons. The maximum atomic E-state index is 12.6. The van der Waals surface area contributed by atoms with Crippen molar-refractivity contribution in [3.63, 3.8) is 0 Å². The smallest absolute Gasteiger partial charge is 0.266 e. The van der Waals surface area contributed by atoms with Gasteiger partial charge in [0.05, 0.1) is 16.8 Å². The van der Waals surface area contributed by atoms with Crippen LogP contribution >= 0.6 is 15.9 Å². The third kappa shape index (κ3) is 2.27. The molecule has 2 amide bonds. The number of benzene rings is 3. The zero-order valence-electron chi connectivity index (χ0n) is 12.6. The highest BCUT2D eigenvalue weighted by Crippen LogP contribution is 2.34. The fraction of sp³-hybridized carbons (Fsp3) is 0. The molecule has 3 nitrogen and oxygen atoms in total. The second-order valence-corrected chi connectivity index (χ2v) is 6.38. The molecule has 4 rings (SSSR count). The van der Waals surface area contributed by atoms with E-state index < -0.39 is 0 Å². The quantitative estimate of drug-likeness (QED) is 0.594. The third-order valence-corrected chi connectivity index (χ3v) is 4.75. The molecule has 0 spiro atoms. The van der Waals surface area contributed by atoms with Crippen molar-refractivity contribution < 1.29 is 9.59 Å². The number of halogens is 1. The Kier molecular flexibility index (Phi) is 3.54. The Hall–Kier alpha value is -2.72. The van der Waals surface area contributed by atoms with Crippen LogP contribution in [0.4, 0.5) is 5.69 Å². The fourth-order valence-corrected chi connectivity index (χ4v) is 3.51. The van der Waals surface area contributed by atoms with Crippen molar-refractivity contribution in [1.82, 2.24) is 0 Å². The Morgan fingerprint density at radius 3 is 1.83 bits per heavy atom. The van der Waals surface area contributed by atoms with Gasteiger partial charge in [-0.25, -0.2) is 4.90 Å². The lowest BCUT2D eigenvalue weighted by atomic mass is 10.1. The van der Waals surface area contributed by atoms with Gasteiger partial charge in [-0.2, -0.15) is 0 Å². The molecule has 0 unspecified atom stereocenters. The summed E-state index contributed by atoms with van der Waals surface area (Å²) in [6.07, 6.45) is 0. The minimum atomic E-state index is -0.282. The summed E-state index contributed by atoms with van der Waals surface area (Å²) < 4.78 is 0.836. The summed E-state index contributed by atoms with van der Waals surface area (Å²) in [6.45, 7) is 0. The first-order valence-corrected chi connectivity index (χ1v) is 8.29. The summed E-state index contributed by atoms with van der Waals surface area (Å²) in [7, 11) is 0. The molecule has 3 aromatic rings. The Morgan fingerprint density at radius 1 is 0.667 bits per heavy atom. The molecular weight excluding hydrogens is 366 g/mol. The van der Waals surface area contributed by atoms with Gasteiger partial charge in [-0.1, -0.05) is 64.5 Å². The molecule has 24 heavy (non-hydrogen) atoms. The number of amides is 2. The molecule has 0 saturated carbocycles. The lowest BCUT2D eigenvalue weighted by Gasteiger charge is -2.15. The van der Waals surface area contributed by atoms with Crippen LogP contribution in [0.25, 0.3) is 11.1 Å². The summed E-state index contributed by atoms with van der Waals surface area (Å²) in [5.74, 6) is -0.565. The van der Waals surface area contributed by atoms with Gasteiger partial charge in [0, 0.05) is 4.47 Å². The van der Waals surface area contributed by atoms with Gasteiger partial charge in [0.15, 0.2) is 0 Å². The van der Waals surface area contributed by atoms with Crippen LogP contribution in [0, 0.1) is 0 Å². The topological polar surface area (TPSA) is 37.4 Å². The van der Waals surface area contributed by atoms with Crippen LogP contribution in [0.3, 0.4) is 0 Å². The van der Waals surface area contributed by atoms with Gasteiger partial charge < -0.3 is 0 Å². The van der Waals surface area contributed by atoms with E-state index in [-0.39, 0.29) is 11.8 Å². The Morgan fingerprint density at radius 2 is 1.25 bits per heavy atom. The average molecular weight is 378 g/mol. The van der Waals surface area contributed by atoms with Gasteiger partial charge in [-0.15, -0.1) is 0 Å². The first-order valence-electron chi connectivity index (χ1n) is 7.49. The van der Waals surface area contributed by atoms with Crippen LogP contribution in [0.1, 0.15) is 20.7 Å². The van der Waals surface area contributed by atoms with E-state index in [4.69, 9.17) is 0 Å². The molecule has 0 bridgehead atoms. The molecule has 0 fully saturated rings.